The lowest BCUT2D eigenvalue weighted by Crippen LogP contribution is -2.60. The van der Waals surface area contributed by atoms with Crippen LogP contribution in [0.5, 0.6) is 0 Å². The van der Waals surface area contributed by atoms with Gasteiger partial charge in [-0.1, -0.05) is 111 Å². The van der Waals surface area contributed by atoms with Gasteiger partial charge in [0, 0.05) is 112 Å². The van der Waals surface area contributed by atoms with Crippen molar-refractivity contribution in [3.63, 3.8) is 0 Å². The summed E-state index contributed by atoms with van der Waals surface area (Å²) in [6.45, 7) is 25.1. The van der Waals surface area contributed by atoms with E-state index in [9.17, 15) is 72.5 Å². The molecule has 2 heterocycles. The minimum Gasteiger partial charge on any atom is -0.480 e. The van der Waals surface area contributed by atoms with E-state index in [0.717, 1.165) is 4.90 Å². The van der Waals surface area contributed by atoms with Crippen molar-refractivity contribution in [2.45, 2.75) is 195 Å². The molecule has 12 N–H and O–H groups in total. The highest BCUT2D eigenvalue weighted by Crippen LogP contribution is 2.31. The minimum atomic E-state index is -1.17. The second-order valence-corrected chi connectivity index (χ2v) is 33.0. The molecule has 0 unspecified atom stereocenters. The number of nitrogens with two attached hydrogens (primary N) is 1. The fourth-order valence-corrected chi connectivity index (χ4v) is 14.8. The first-order valence-electron chi connectivity index (χ1n) is 43.7. The first kappa shape index (κ1) is 108. The van der Waals surface area contributed by atoms with Crippen molar-refractivity contribution in [2.75, 3.05) is 185 Å². The third-order valence-electron chi connectivity index (χ3n) is 22.1. The zero-order valence-electron chi connectivity index (χ0n) is 76.2. The van der Waals surface area contributed by atoms with Crippen LogP contribution in [0.1, 0.15) is 145 Å². The van der Waals surface area contributed by atoms with Crippen LogP contribution in [0.15, 0.2) is 54.6 Å². The number of anilines is 1. The van der Waals surface area contributed by atoms with Gasteiger partial charge < -0.3 is 106 Å². The Kier molecular flexibility index (Phi) is 51.1. The summed E-state index contributed by atoms with van der Waals surface area (Å²) in [7, 11) is 6.05. The summed E-state index contributed by atoms with van der Waals surface area (Å²) in [6.07, 6.45) is -1.07. The molecule has 38 heteroatoms. The molecule has 706 valence electrons. The maximum absolute atomic E-state index is 14.9. The van der Waals surface area contributed by atoms with Gasteiger partial charge in [0.15, 0.2) is 0 Å². The van der Waals surface area contributed by atoms with Crippen LogP contribution in [-0.2, 0) is 97.2 Å². The van der Waals surface area contributed by atoms with E-state index in [2.05, 4.69) is 42.5 Å². The van der Waals surface area contributed by atoms with Gasteiger partial charge in [0.2, 0.25) is 53.2 Å². The maximum atomic E-state index is 14.9. The number of nitrogens with zero attached hydrogens (tertiary/aromatic N) is 6. The molecule has 0 saturated carbocycles. The molecule has 2 aliphatic heterocycles. The number of likely N-dealkylation sites (N-methyl/N-ethyl adjacent to an activating group) is 2. The number of likely N-dealkylation sites (tertiary alicyclic amines) is 1. The molecule has 125 heavy (non-hydrogen) atoms. The Labute approximate surface area is 737 Å². The van der Waals surface area contributed by atoms with Gasteiger partial charge in [-0.05, 0) is 86.5 Å². The smallest absolute Gasteiger partial charge is 0.410 e. The lowest BCUT2D eigenvalue weighted by atomic mass is 9.89. The molecule has 2 saturated heterocycles. The molecule has 0 aliphatic carbocycles. The summed E-state index contributed by atoms with van der Waals surface area (Å²) >= 11 is 0. The van der Waals surface area contributed by atoms with E-state index >= 15 is 0 Å². The Morgan fingerprint density at radius 1 is 0.560 bits per heavy atom. The number of aliphatic carboxylic acids is 1. The van der Waals surface area contributed by atoms with E-state index in [1.165, 1.54) is 28.2 Å². The van der Waals surface area contributed by atoms with Crippen molar-refractivity contribution in [3.8, 4) is 0 Å². The SMILES string of the molecule is CC[C@H](C)[C@@H]([C@@H](CC(=O)N1CCC[C@H]1[C@H](OC)[C@@H](C)C(=O)N[C@H](C)[C@@H](O)c1ccccc1)OC)N(C)C(=O)[C@@H](NC(=O)[C@H](C(C)C)N(C)C(=O)OCc1ccc(NC(=O)[C@H](CCCNC(N)=O)NC(=O)[C@@H](NC(=O)CCOCCNC(=O)CN2CCN(CC(=O)O)CCN(CC(=O)NCCOCCOCCOCCOCCC(C)=O)CC2)C(C)C)cc1)C(C)C. The van der Waals surface area contributed by atoms with Gasteiger partial charge in [-0.15, -0.1) is 0 Å². The first-order valence-corrected chi connectivity index (χ1v) is 43.7. The molecule has 12 amide bonds. The van der Waals surface area contributed by atoms with E-state index < -0.39 is 132 Å². The molecule has 0 spiro atoms. The number of amides is 12. The summed E-state index contributed by atoms with van der Waals surface area (Å²) in [5, 5.41) is 42.9. The Bertz CT molecular complexity index is 3630. The molecule has 2 fully saturated rings. The summed E-state index contributed by atoms with van der Waals surface area (Å²) in [5.74, 6) is -7.21. The third-order valence-corrected chi connectivity index (χ3v) is 22.1. The van der Waals surface area contributed by atoms with Crippen molar-refractivity contribution in [2.24, 2.45) is 35.3 Å². The first-order chi connectivity index (χ1) is 59.5. The Balaban J connectivity index is 1.27. The highest BCUT2D eigenvalue weighted by atomic mass is 16.6. The molecule has 0 bridgehead atoms. The standard InChI is InChI=1S/C87H145N15O23/c1-16-60(8)78(69(118-14)52-73(107)102-35-21-25-68(102)80(119-15)62(10)81(111)92-63(11)79(110)65-22-18-17-19-23-65)97(12)85(115)76(58(4)5)96-84(114)77(59(6)7)98(13)87(117)125-56-64-26-28-66(29-27-64)93-82(112)67(24-20-32-91-86(88)116)94-83(113)75(57(2)3)95-70(104)31-43-120-44-33-89-71(105)53-99-36-37-100(39-41-101(40-38-99)55-74(108)109)54-72(106)90-34-45-122-47-49-124-51-50-123-48-46-121-42-30-61(9)103/h17-19,22-23,26-29,57-60,62-63,67-69,75-80,110H,16,20-21,24-25,30-56H2,1-15H3,(H,89,105)(H,90,106)(H,92,111)(H,93,112)(H,94,113)(H,95,104)(H,96,114)(H,108,109)(H3,88,91,116)/t60-,62+,63+,67-,68-,69+,75-,76-,77-,78-,79+,80+/m0/s1. The van der Waals surface area contributed by atoms with Gasteiger partial charge in [-0.2, -0.15) is 0 Å². The average Bonchev–Trinajstić information content (AvgIpc) is 1.79. The monoisotopic (exact) mass is 1770 g/mol. The summed E-state index contributed by atoms with van der Waals surface area (Å²) in [5.41, 5.74) is 6.76. The van der Waals surface area contributed by atoms with E-state index in [1.807, 2.05) is 41.8 Å². The van der Waals surface area contributed by atoms with Crippen molar-refractivity contribution in [3.05, 3.63) is 65.7 Å². The van der Waals surface area contributed by atoms with E-state index in [-0.39, 0.29) is 127 Å². The van der Waals surface area contributed by atoms with Gasteiger partial charge in [0.1, 0.15) is 36.6 Å². The van der Waals surface area contributed by atoms with E-state index in [4.69, 9.17) is 43.6 Å². The molecule has 2 aromatic carbocycles. The highest BCUT2D eigenvalue weighted by molar-refractivity contribution is 5.98. The van der Waals surface area contributed by atoms with Gasteiger partial charge in [0.25, 0.3) is 0 Å². The average molecular weight is 1770 g/mol. The number of Topliss-reactive ketones (excluding diaryl/α,β-unsaturated/α-hetero) is 1. The normalized spacial score (nSPS) is 16.8. The van der Waals surface area contributed by atoms with Gasteiger partial charge in [0.05, 0.1) is 134 Å². The van der Waals surface area contributed by atoms with Gasteiger partial charge in [-0.25, -0.2) is 9.59 Å². The van der Waals surface area contributed by atoms with Crippen molar-refractivity contribution < 1.29 is 110 Å². The molecule has 4 rings (SSSR count). The van der Waals surface area contributed by atoms with E-state index in [0.29, 0.717) is 135 Å². The number of carboxylic acid groups (broad SMARTS) is 1. The number of aliphatic hydroxyl groups excluding tert-OH is 1. The number of urea groups is 1. The number of aliphatic hydroxyl groups is 1. The van der Waals surface area contributed by atoms with Crippen LogP contribution in [0.2, 0.25) is 0 Å². The molecular weight excluding hydrogens is 1620 g/mol. The molecule has 0 radical (unpaired) electrons. The molecule has 38 nitrogen and oxygen atoms in total. The number of methoxy groups -OCH3 is 2. The summed E-state index contributed by atoms with van der Waals surface area (Å²) < 4.78 is 45.3. The van der Waals surface area contributed by atoms with Crippen LogP contribution < -0.4 is 48.3 Å². The van der Waals surface area contributed by atoms with Crippen LogP contribution >= 0.6 is 0 Å². The highest BCUT2D eigenvalue weighted by Gasteiger charge is 2.44. The second-order valence-electron chi connectivity index (χ2n) is 33.0. The number of carbonyl (C=O) groups excluding carboxylic acids is 12. The zero-order valence-corrected chi connectivity index (χ0v) is 76.2. The number of benzene rings is 2. The molecule has 2 aliphatic rings. The molecule has 2 aromatic rings. The number of ketones is 1. The van der Waals surface area contributed by atoms with Crippen LogP contribution in [0, 0.1) is 29.6 Å². The number of hydrogen-bond donors (Lipinski definition) is 11. The van der Waals surface area contributed by atoms with Crippen LogP contribution in [0.4, 0.5) is 15.3 Å². The van der Waals surface area contributed by atoms with Crippen LogP contribution in [0.25, 0.3) is 0 Å². The topological polar surface area (TPSA) is 478 Å². The number of nitrogens with one attached hydrogen (secondary N) is 8. The van der Waals surface area contributed by atoms with Gasteiger partial charge in [-0.3, -0.25) is 72.3 Å². The second kappa shape index (κ2) is 59.0. The quantitative estimate of drug-likeness (QED) is 0.0423. The summed E-state index contributed by atoms with van der Waals surface area (Å²) in [4.78, 5) is 183. The van der Waals surface area contributed by atoms with E-state index in [1.54, 1.807) is 114 Å². The van der Waals surface area contributed by atoms with Crippen molar-refractivity contribution >= 4 is 82.7 Å². The lowest BCUT2D eigenvalue weighted by Gasteiger charge is -2.41. The number of carboxylic acids is 1. The number of carbonyl (C=O) groups is 13. The molecule has 0 aromatic heterocycles. The number of ether oxygens (including phenoxy) is 8. The van der Waals surface area contributed by atoms with Gasteiger partial charge >= 0.3 is 18.1 Å². The van der Waals surface area contributed by atoms with Crippen molar-refractivity contribution in [1.82, 2.24) is 66.6 Å². The number of primary amides is 1. The fourth-order valence-electron chi connectivity index (χ4n) is 14.8. The minimum absolute atomic E-state index is 0.0154. The summed E-state index contributed by atoms with van der Waals surface area (Å²) in [6, 6.07) is 8.38. The Morgan fingerprint density at radius 3 is 1.61 bits per heavy atom. The van der Waals surface area contributed by atoms with Crippen LogP contribution in [-0.4, -0.2) is 351 Å². The fraction of sp³-hybridized carbons (Fsp3) is 0.713. The third kappa shape index (κ3) is 40.2. The number of rotatable bonds is 59. The molecular formula is C87H145N15O23. The lowest BCUT2D eigenvalue weighted by molar-refractivity contribution is -0.148. The van der Waals surface area contributed by atoms with Crippen molar-refractivity contribution in [1.29, 1.82) is 0 Å². The maximum Gasteiger partial charge on any atom is 0.410 e. The number of hydrogen-bond acceptors (Lipinski definition) is 25. The predicted molar refractivity (Wildman–Crippen MR) is 466 cm³/mol. The largest absolute Gasteiger partial charge is 0.480 e. The Hall–Kier alpha value is -9.09. The predicted octanol–water partition coefficient (Wildman–Crippen LogP) is 2.28. The Morgan fingerprint density at radius 2 is 1.10 bits per heavy atom. The zero-order chi connectivity index (χ0) is 92.7. The molecule has 12 atom stereocenters. The van der Waals surface area contributed by atoms with Crippen LogP contribution in [0.3, 0.4) is 0 Å².